The Bertz CT molecular complexity index is 1030. The van der Waals surface area contributed by atoms with Crippen LogP contribution in [0, 0.1) is 0 Å². The summed E-state index contributed by atoms with van der Waals surface area (Å²) in [5.74, 6) is 0. The number of hydrogen-bond acceptors (Lipinski definition) is 3. The Labute approximate surface area is 141 Å². The van der Waals surface area contributed by atoms with E-state index < -0.39 is 8.07 Å². The molecule has 0 saturated carbocycles. The lowest BCUT2D eigenvalue weighted by molar-refractivity contribution is 1.39. The molecule has 0 spiro atoms. The van der Waals surface area contributed by atoms with Crippen molar-refractivity contribution in [1.82, 2.24) is 9.97 Å². The molecule has 1 aliphatic rings. The number of pyridine rings is 2. The summed E-state index contributed by atoms with van der Waals surface area (Å²) in [5.41, 5.74) is 4.43. The third kappa shape index (κ3) is 1.71. The van der Waals surface area contributed by atoms with Crippen LogP contribution < -0.4 is 15.7 Å². The van der Waals surface area contributed by atoms with Gasteiger partial charge in [0.25, 0.3) is 0 Å². The summed E-state index contributed by atoms with van der Waals surface area (Å²) in [5, 5.41) is 8.86. The molecular formula is C20H17N3Si. The molecule has 0 radical (unpaired) electrons. The summed E-state index contributed by atoms with van der Waals surface area (Å²) in [6.45, 7) is 4.82. The molecule has 3 nitrogen and oxygen atoms in total. The van der Waals surface area contributed by atoms with E-state index in [1.54, 1.807) is 0 Å². The number of benzene rings is 2. The fraction of sp³-hybridized carbons (Fsp3) is 0.100. The van der Waals surface area contributed by atoms with E-state index in [0.717, 1.165) is 22.4 Å². The number of aromatic nitrogens is 2. The maximum atomic E-state index is 4.65. The number of nitrogens with zero attached hydrogens (tertiary/aromatic N) is 2. The molecule has 0 saturated heterocycles. The molecule has 0 bridgehead atoms. The van der Waals surface area contributed by atoms with Crippen molar-refractivity contribution in [2.24, 2.45) is 0 Å². The fourth-order valence-corrected chi connectivity index (χ4v) is 6.76. The van der Waals surface area contributed by atoms with Crippen LogP contribution in [0.15, 0.2) is 60.9 Å². The first-order chi connectivity index (χ1) is 11.7. The van der Waals surface area contributed by atoms with E-state index in [4.69, 9.17) is 0 Å². The minimum absolute atomic E-state index is 1.05. The predicted molar refractivity (Wildman–Crippen MR) is 104 cm³/mol. The second kappa shape index (κ2) is 4.64. The van der Waals surface area contributed by atoms with E-state index in [2.05, 4.69) is 64.8 Å². The van der Waals surface area contributed by atoms with E-state index in [-0.39, 0.29) is 0 Å². The van der Waals surface area contributed by atoms with Crippen molar-refractivity contribution >= 4 is 51.6 Å². The molecule has 0 atom stereocenters. The lowest BCUT2D eigenvalue weighted by Gasteiger charge is -2.34. The van der Waals surface area contributed by atoms with Crippen LogP contribution in [0.4, 0.5) is 11.4 Å². The van der Waals surface area contributed by atoms with Crippen LogP contribution >= 0.6 is 0 Å². The third-order valence-electron chi connectivity index (χ3n) is 5.15. The van der Waals surface area contributed by atoms with Crippen LogP contribution in [0.25, 0.3) is 21.8 Å². The summed E-state index contributed by atoms with van der Waals surface area (Å²) in [4.78, 5) is 9.30. The zero-order chi connectivity index (χ0) is 16.3. The minimum Gasteiger partial charge on any atom is -0.352 e. The average Bonchev–Trinajstić information content (AvgIpc) is 2.61. The SMILES string of the molecule is C[Si]1(C)c2ccc3cccnc3c2Nc2c1ccc1cccnc21. The lowest BCUT2D eigenvalue weighted by Crippen LogP contribution is -2.57. The smallest absolute Gasteiger partial charge is 0.117 e. The zero-order valence-corrected chi connectivity index (χ0v) is 14.7. The van der Waals surface area contributed by atoms with Crippen molar-refractivity contribution in [2.75, 3.05) is 5.32 Å². The van der Waals surface area contributed by atoms with Gasteiger partial charge < -0.3 is 5.32 Å². The molecule has 0 unspecified atom stereocenters. The monoisotopic (exact) mass is 327 g/mol. The van der Waals surface area contributed by atoms with E-state index in [1.807, 2.05) is 24.5 Å². The molecule has 2 aromatic carbocycles. The second-order valence-corrected chi connectivity index (χ2v) is 11.2. The molecule has 0 aliphatic carbocycles. The molecule has 4 heteroatoms. The summed E-state index contributed by atoms with van der Waals surface area (Å²) in [6, 6.07) is 17.2. The summed E-state index contributed by atoms with van der Waals surface area (Å²) in [6.07, 6.45) is 3.74. The normalized spacial score (nSPS) is 14.9. The van der Waals surface area contributed by atoms with Crippen LogP contribution in [0.3, 0.4) is 0 Å². The average molecular weight is 327 g/mol. The van der Waals surface area contributed by atoms with E-state index in [9.17, 15) is 0 Å². The molecule has 0 amide bonds. The number of rotatable bonds is 0. The maximum absolute atomic E-state index is 4.65. The summed E-state index contributed by atoms with van der Waals surface area (Å²) < 4.78 is 0. The Hall–Kier alpha value is -2.72. The Morgan fingerprint density at radius 2 is 1.21 bits per heavy atom. The van der Waals surface area contributed by atoms with E-state index in [0.29, 0.717) is 0 Å². The van der Waals surface area contributed by atoms with Gasteiger partial charge in [0.05, 0.1) is 22.4 Å². The number of hydrogen-bond donors (Lipinski definition) is 1. The van der Waals surface area contributed by atoms with Gasteiger partial charge in [-0.15, -0.1) is 0 Å². The van der Waals surface area contributed by atoms with Crippen molar-refractivity contribution in [2.45, 2.75) is 13.1 Å². The number of nitrogens with one attached hydrogen (secondary N) is 1. The molecule has 0 fully saturated rings. The molecular weight excluding hydrogens is 310 g/mol. The molecule has 1 aliphatic heterocycles. The van der Waals surface area contributed by atoms with Crippen molar-refractivity contribution < 1.29 is 0 Å². The van der Waals surface area contributed by atoms with Gasteiger partial charge in [0, 0.05) is 23.2 Å². The van der Waals surface area contributed by atoms with Gasteiger partial charge >= 0.3 is 0 Å². The topological polar surface area (TPSA) is 37.8 Å². The number of fused-ring (bicyclic) bond motifs is 6. The van der Waals surface area contributed by atoms with Gasteiger partial charge in [-0.05, 0) is 22.5 Å². The van der Waals surface area contributed by atoms with Crippen molar-refractivity contribution in [3.8, 4) is 0 Å². The molecule has 3 heterocycles. The molecule has 4 aromatic rings. The van der Waals surface area contributed by atoms with Crippen LogP contribution in [0.1, 0.15) is 0 Å². The first-order valence-electron chi connectivity index (χ1n) is 8.20. The van der Waals surface area contributed by atoms with Gasteiger partial charge in [0.1, 0.15) is 8.07 Å². The maximum Gasteiger partial charge on any atom is 0.117 e. The predicted octanol–water partition coefficient (Wildman–Crippen LogP) is 3.66. The first-order valence-corrected chi connectivity index (χ1v) is 11.2. The standard InChI is InChI=1S/C20H17N3Si/c1-24(2)15-9-7-13-5-3-11-21-17(13)19(15)23-20-16(24)10-8-14-6-4-12-22-18(14)20/h3-12,23H,1-2H3. The van der Waals surface area contributed by atoms with Crippen molar-refractivity contribution in [1.29, 1.82) is 0 Å². The van der Waals surface area contributed by atoms with Gasteiger partial charge in [-0.25, -0.2) is 0 Å². The van der Waals surface area contributed by atoms with Gasteiger partial charge in [-0.1, -0.05) is 49.5 Å². The largest absolute Gasteiger partial charge is 0.352 e. The number of anilines is 2. The van der Waals surface area contributed by atoms with E-state index >= 15 is 0 Å². The molecule has 1 N–H and O–H groups in total. The molecule has 5 rings (SSSR count). The van der Waals surface area contributed by atoms with Gasteiger partial charge in [-0.3, -0.25) is 9.97 Å². The van der Waals surface area contributed by atoms with Crippen LogP contribution in [-0.4, -0.2) is 18.0 Å². The second-order valence-electron chi connectivity index (χ2n) is 6.88. The Balaban J connectivity index is 1.89. The van der Waals surface area contributed by atoms with Crippen LogP contribution in [0.2, 0.25) is 13.1 Å². The quantitative estimate of drug-likeness (QED) is 0.501. The lowest BCUT2D eigenvalue weighted by atomic mass is 10.1. The van der Waals surface area contributed by atoms with Crippen molar-refractivity contribution in [3.05, 3.63) is 60.9 Å². The van der Waals surface area contributed by atoms with Gasteiger partial charge in [0.2, 0.25) is 0 Å². The highest BCUT2D eigenvalue weighted by Gasteiger charge is 2.36. The molecule has 2 aromatic heterocycles. The minimum atomic E-state index is -1.81. The molecule has 24 heavy (non-hydrogen) atoms. The Kier molecular flexibility index (Phi) is 2.65. The van der Waals surface area contributed by atoms with Crippen LogP contribution in [-0.2, 0) is 0 Å². The van der Waals surface area contributed by atoms with E-state index in [1.165, 1.54) is 21.1 Å². The Morgan fingerprint density at radius 1 is 0.708 bits per heavy atom. The van der Waals surface area contributed by atoms with Crippen molar-refractivity contribution in [3.63, 3.8) is 0 Å². The van der Waals surface area contributed by atoms with Crippen LogP contribution in [0.5, 0.6) is 0 Å². The highest BCUT2D eigenvalue weighted by molar-refractivity contribution is 7.03. The van der Waals surface area contributed by atoms with Gasteiger partial charge in [0.15, 0.2) is 0 Å². The highest BCUT2D eigenvalue weighted by Crippen LogP contribution is 2.33. The highest BCUT2D eigenvalue weighted by atomic mass is 28.3. The Morgan fingerprint density at radius 3 is 1.71 bits per heavy atom. The van der Waals surface area contributed by atoms with Gasteiger partial charge in [-0.2, -0.15) is 0 Å². The first kappa shape index (κ1) is 13.7. The fourth-order valence-electron chi connectivity index (χ4n) is 3.86. The third-order valence-corrected chi connectivity index (χ3v) is 8.67. The molecule has 116 valence electrons. The summed E-state index contributed by atoms with van der Waals surface area (Å²) in [7, 11) is -1.81. The zero-order valence-electron chi connectivity index (χ0n) is 13.7. The summed E-state index contributed by atoms with van der Waals surface area (Å²) >= 11 is 0.